The molecular formula is C63H80Zr. The van der Waals surface area contributed by atoms with Gasteiger partial charge in [-0.15, -0.1) is 39.7 Å². The van der Waals surface area contributed by atoms with Crippen molar-refractivity contribution in [1.82, 2.24) is 0 Å². The molecular weight excluding hydrogens is 848 g/mol. The topological polar surface area (TPSA) is 0 Å². The maximum atomic E-state index is 3.35. The van der Waals surface area contributed by atoms with Crippen molar-refractivity contribution in [3.63, 3.8) is 0 Å². The molecule has 64 heavy (non-hydrogen) atoms. The molecule has 0 heterocycles. The van der Waals surface area contributed by atoms with Crippen molar-refractivity contribution < 1.29 is 24.2 Å². The zero-order valence-corrected chi connectivity index (χ0v) is 46.1. The number of hydrogen-bond donors (Lipinski definition) is 0. The Balaban J connectivity index is 0.000000179. The fraction of sp³-hybridized carbons (Fsp3) is 0.460. The van der Waals surface area contributed by atoms with Gasteiger partial charge in [-0.25, -0.2) is 6.08 Å². The summed E-state index contributed by atoms with van der Waals surface area (Å²) in [5.74, 6) is 0.573. The van der Waals surface area contributed by atoms with Crippen LogP contribution in [0.1, 0.15) is 189 Å². The van der Waals surface area contributed by atoms with E-state index in [1.807, 2.05) is 0 Å². The van der Waals surface area contributed by atoms with E-state index in [1.165, 1.54) is 117 Å². The molecule has 0 aromatic heterocycles. The molecule has 1 heteroatoms. The number of allylic oxidation sites excluding steroid dienone is 8. The van der Waals surface area contributed by atoms with Crippen molar-refractivity contribution in [3.05, 3.63) is 159 Å². The summed E-state index contributed by atoms with van der Waals surface area (Å²) in [5, 5.41) is 5.58. The molecule has 0 nitrogen and oxygen atoms in total. The van der Waals surface area contributed by atoms with Gasteiger partial charge in [0.1, 0.15) is 0 Å². The van der Waals surface area contributed by atoms with Crippen LogP contribution in [0.4, 0.5) is 0 Å². The molecule has 0 fully saturated rings. The van der Waals surface area contributed by atoms with Gasteiger partial charge >= 0.3 is 151 Å². The Hall–Kier alpha value is -3.54. The number of hydrogen-bond acceptors (Lipinski definition) is 0. The van der Waals surface area contributed by atoms with Gasteiger partial charge in [-0.05, 0) is 33.1 Å². The normalized spacial score (nSPS) is 17.8. The van der Waals surface area contributed by atoms with Crippen molar-refractivity contribution in [3.8, 4) is 0 Å². The molecule has 0 radical (unpaired) electrons. The molecule has 1 unspecified atom stereocenters. The zero-order chi connectivity index (χ0) is 47.7. The SMILES string of the molecule is CC(C)(C)C1=CC(C)(C)c2cc3[cH-]c4cc5c(cc4c3cc21)C(C(C)(C)C)=CC5(C)C.CC(C)(C)c1ccc([C](=[Zr+2])c2ccc(C(C)(C)C)cc2)cc1.CCC1[C-]=CC(C(C)(C)C)=C1. The third-order valence-corrected chi connectivity index (χ3v) is 15.2. The van der Waals surface area contributed by atoms with E-state index in [2.05, 4.69) is 248 Å². The first kappa shape index (κ1) is 49.9. The Kier molecular flexibility index (Phi) is 13.5. The summed E-state index contributed by atoms with van der Waals surface area (Å²) < 4.78 is 1.42. The van der Waals surface area contributed by atoms with E-state index in [1.54, 1.807) is 0 Å². The average Bonchev–Trinajstić information content (AvgIpc) is 3.94. The van der Waals surface area contributed by atoms with Gasteiger partial charge in [0.15, 0.2) is 0 Å². The van der Waals surface area contributed by atoms with E-state index >= 15 is 0 Å². The van der Waals surface area contributed by atoms with Gasteiger partial charge in [0.25, 0.3) is 0 Å². The first-order valence-electron chi connectivity index (χ1n) is 24.0. The molecule has 5 aromatic rings. The van der Waals surface area contributed by atoms with Gasteiger partial charge in [-0.3, -0.25) is 6.08 Å². The van der Waals surface area contributed by atoms with Crippen molar-refractivity contribution in [1.29, 1.82) is 0 Å². The first-order valence-corrected chi connectivity index (χ1v) is 25.3. The van der Waals surface area contributed by atoms with E-state index in [9.17, 15) is 0 Å². The summed E-state index contributed by atoms with van der Waals surface area (Å²) in [6, 6.07) is 30.5. The molecule has 1 atom stereocenters. The van der Waals surface area contributed by atoms with Crippen molar-refractivity contribution in [2.75, 3.05) is 0 Å². The van der Waals surface area contributed by atoms with Gasteiger partial charge in [-0.1, -0.05) is 150 Å². The van der Waals surface area contributed by atoms with Crippen LogP contribution < -0.4 is 0 Å². The fourth-order valence-corrected chi connectivity index (χ4v) is 10.4. The molecule has 0 saturated heterocycles. The molecule has 0 spiro atoms. The van der Waals surface area contributed by atoms with Gasteiger partial charge < -0.3 is 0 Å². The average molecular weight is 929 g/mol. The quantitative estimate of drug-likeness (QED) is 0.158. The first-order chi connectivity index (χ1) is 29.2. The van der Waals surface area contributed by atoms with Crippen LogP contribution in [0.5, 0.6) is 0 Å². The van der Waals surface area contributed by atoms with E-state index in [-0.39, 0.29) is 32.5 Å². The summed E-state index contributed by atoms with van der Waals surface area (Å²) in [7, 11) is 0. The Morgan fingerprint density at radius 1 is 0.547 bits per heavy atom. The van der Waals surface area contributed by atoms with Gasteiger partial charge in [0.2, 0.25) is 0 Å². The maximum absolute atomic E-state index is 3.35. The summed E-state index contributed by atoms with van der Waals surface area (Å²) >= 11 is 1.46. The molecule has 0 N–H and O–H groups in total. The van der Waals surface area contributed by atoms with Crippen molar-refractivity contribution in [2.45, 2.75) is 167 Å². The molecule has 5 aromatic carbocycles. The third-order valence-electron chi connectivity index (χ3n) is 13.8. The van der Waals surface area contributed by atoms with Crippen molar-refractivity contribution >= 4 is 35.9 Å². The zero-order valence-electron chi connectivity index (χ0n) is 43.6. The smallest absolute Gasteiger partial charge is 0.0640 e. The largest absolute Gasteiger partial charge is 0.269 e. The van der Waals surface area contributed by atoms with Crippen LogP contribution in [-0.2, 0) is 45.9 Å². The predicted octanol–water partition coefficient (Wildman–Crippen LogP) is 17.9. The molecule has 336 valence electrons. The summed E-state index contributed by atoms with van der Waals surface area (Å²) in [6.07, 6.45) is 14.0. The Morgan fingerprint density at radius 3 is 1.20 bits per heavy atom. The minimum Gasteiger partial charge on any atom is -0.269 e. The standard InChI is InChI=1S/C31H37.C21H26.C11H17.Zr/c1-28(2,3)26-16-30(7,8)24-12-18-11-19-13-25-23(15-21(19)20(18)14-22(24)26)27(29(4,5)6)17-31(25,9)10;1-20(2,3)18-11-7-16(8-12-18)15-17-9-13-19(14-10-17)21(4,5)6;1-5-9-6-7-10(8-9)11(2,3)4;/h11-17H,1-10H3;7-14H,1-6H3;7-9H,5H2,1-4H3;/q-1;;-1;+2. The monoisotopic (exact) mass is 927 g/mol. The van der Waals surface area contributed by atoms with Crippen LogP contribution in [0.25, 0.3) is 32.7 Å². The second-order valence-corrected chi connectivity index (χ2v) is 26.6. The number of fused-ring (bicyclic) bond motifs is 5. The molecule has 0 aliphatic heterocycles. The number of rotatable bonds is 3. The van der Waals surface area contributed by atoms with Gasteiger partial charge in [-0.2, -0.15) is 11.6 Å². The second-order valence-electron chi connectivity index (χ2n) is 25.4. The van der Waals surface area contributed by atoms with Crippen LogP contribution in [0.2, 0.25) is 0 Å². The summed E-state index contributed by atoms with van der Waals surface area (Å²) in [5.41, 5.74) is 16.9. The second kappa shape index (κ2) is 17.3. The third kappa shape index (κ3) is 10.5. The molecule has 3 aliphatic carbocycles. The van der Waals surface area contributed by atoms with Crippen LogP contribution in [0, 0.1) is 28.2 Å². The Bertz CT molecular complexity index is 2510. The fourth-order valence-electron chi connectivity index (χ4n) is 9.54. The van der Waals surface area contributed by atoms with Crippen LogP contribution in [0.3, 0.4) is 0 Å². The van der Waals surface area contributed by atoms with Crippen molar-refractivity contribution in [2.24, 2.45) is 22.2 Å². The molecule has 0 saturated carbocycles. The van der Waals surface area contributed by atoms with Crippen LogP contribution in [-0.4, -0.2) is 3.21 Å². The van der Waals surface area contributed by atoms with E-state index in [0.717, 1.165) is 0 Å². The minimum atomic E-state index is 0.0848. The van der Waals surface area contributed by atoms with E-state index in [4.69, 9.17) is 0 Å². The van der Waals surface area contributed by atoms with Crippen LogP contribution >= 0.6 is 0 Å². The number of benzene rings is 4. The van der Waals surface area contributed by atoms with Gasteiger partial charge in [0.05, 0.1) is 0 Å². The molecule has 8 rings (SSSR count). The van der Waals surface area contributed by atoms with Gasteiger partial charge in [0, 0.05) is 10.8 Å². The molecule has 3 aliphatic rings. The van der Waals surface area contributed by atoms with E-state index in [0.29, 0.717) is 11.3 Å². The Labute approximate surface area is 405 Å². The van der Waals surface area contributed by atoms with Crippen LogP contribution in [0.15, 0.2) is 109 Å². The summed E-state index contributed by atoms with van der Waals surface area (Å²) in [6.45, 7) is 46.0. The summed E-state index contributed by atoms with van der Waals surface area (Å²) in [4.78, 5) is 0. The molecule has 0 amide bonds. The minimum absolute atomic E-state index is 0.0848. The predicted molar refractivity (Wildman–Crippen MR) is 281 cm³/mol. The molecule has 0 bridgehead atoms. The maximum Gasteiger partial charge on any atom is -0.0640 e. The van der Waals surface area contributed by atoms with E-state index < -0.39 is 0 Å². The Morgan fingerprint density at radius 2 is 0.922 bits per heavy atom.